The van der Waals surface area contributed by atoms with Gasteiger partial charge in [-0.25, -0.2) is 4.79 Å². The van der Waals surface area contributed by atoms with Crippen LogP contribution >= 0.6 is 0 Å². The van der Waals surface area contributed by atoms with Crippen LogP contribution in [-0.2, 0) is 26.4 Å². The molecule has 0 unspecified atom stereocenters. The Labute approximate surface area is 133 Å². The molecule has 0 saturated carbocycles. The van der Waals surface area contributed by atoms with E-state index in [1.165, 1.54) is 0 Å². The van der Waals surface area contributed by atoms with E-state index in [-0.39, 0.29) is 6.03 Å². The van der Waals surface area contributed by atoms with Gasteiger partial charge < -0.3 is 15.3 Å². The van der Waals surface area contributed by atoms with Crippen LogP contribution in [0.4, 0.5) is 4.79 Å². The van der Waals surface area contributed by atoms with Crippen LogP contribution in [0.2, 0.25) is 0 Å². The zero-order valence-electron chi connectivity index (χ0n) is 14.7. The zero-order valence-corrected chi connectivity index (χ0v) is 14.7. The van der Waals surface area contributed by atoms with Gasteiger partial charge in [-0.1, -0.05) is 13.8 Å². The molecular weight excluding hydrogens is 280 g/mol. The topological polar surface area (TPSA) is 70.4 Å². The van der Waals surface area contributed by atoms with Crippen LogP contribution in [0, 0.1) is 0 Å². The molecule has 0 fully saturated rings. The Morgan fingerprint density at radius 3 is 2.41 bits per heavy atom. The second-order valence-electron chi connectivity index (χ2n) is 6.19. The zero-order chi connectivity index (χ0) is 16.9. The van der Waals surface area contributed by atoms with Gasteiger partial charge in [0.2, 0.25) is 0 Å². The average Bonchev–Trinajstić information content (AvgIpc) is 2.76. The van der Waals surface area contributed by atoms with Crippen molar-refractivity contribution in [2.24, 2.45) is 7.05 Å². The van der Waals surface area contributed by atoms with Crippen LogP contribution in [0.3, 0.4) is 0 Å². The molecule has 0 spiro atoms. The highest BCUT2D eigenvalue weighted by molar-refractivity contribution is 5.74. The number of hydrogen-bond acceptors (Lipinski definition) is 3. The summed E-state index contributed by atoms with van der Waals surface area (Å²) in [6.45, 7) is 10.8. The lowest BCUT2D eigenvalue weighted by molar-refractivity contribution is 0.0479. The summed E-state index contributed by atoms with van der Waals surface area (Å²) in [5.74, 6) is 0. The van der Waals surface area contributed by atoms with E-state index >= 15 is 0 Å². The first-order valence-corrected chi connectivity index (χ1v) is 8.02. The number of rotatable bonds is 7. The SMILES string of the molecule is CCc1nn(C)c(CC)c1CNC(=O)N(CC)CC(C)(C)O. The number of aryl methyl sites for hydroxylation is 2. The lowest BCUT2D eigenvalue weighted by Crippen LogP contribution is -2.46. The highest BCUT2D eigenvalue weighted by Gasteiger charge is 2.22. The molecule has 0 radical (unpaired) electrons. The minimum Gasteiger partial charge on any atom is -0.389 e. The summed E-state index contributed by atoms with van der Waals surface area (Å²) in [6.07, 6.45) is 1.73. The number of carbonyl (C=O) groups excluding carboxylic acids is 1. The number of urea groups is 1. The predicted molar refractivity (Wildman–Crippen MR) is 87.7 cm³/mol. The Balaban J connectivity index is 2.79. The molecular formula is C16H30N4O2. The fourth-order valence-electron chi connectivity index (χ4n) is 2.66. The first-order valence-electron chi connectivity index (χ1n) is 8.02. The number of aromatic nitrogens is 2. The van der Waals surface area contributed by atoms with Crippen molar-refractivity contribution in [2.45, 2.75) is 59.6 Å². The van der Waals surface area contributed by atoms with Crippen LogP contribution in [0.25, 0.3) is 0 Å². The lowest BCUT2D eigenvalue weighted by atomic mass is 10.1. The summed E-state index contributed by atoms with van der Waals surface area (Å²) in [5, 5.41) is 17.4. The van der Waals surface area contributed by atoms with Crippen molar-refractivity contribution < 1.29 is 9.90 Å². The summed E-state index contributed by atoms with van der Waals surface area (Å²) in [6, 6.07) is -0.155. The fourth-order valence-corrected chi connectivity index (χ4v) is 2.66. The summed E-state index contributed by atoms with van der Waals surface area (Å²) >= 11 is 0. The van der Waals surface area contributed by atoms with E-state index in [1.54, 1.807) is 18.7 Å². The van der Waals surface area contributed by atoms with Gasteiger partial charge in [-0.3, -0.25) is 4.68 Å². The van der Waals surface area contributed by atoms with Gasteiger partial charge >= 0.3 is 6.03 Å². The second-order valence-corrected chi connectivity index (χ2v) is 6.19. The lowest BCUT2D eigenvalue weighted by Gasteiger charge is -2.28. The van der Waals surface area contributed by atoms with E-state index in [0.717, 1.165) is 29.8 Å². The molecule has 2 N–H and O–H groups in total. The molecule has 0 aliphatic carbocycles. The molecule has 0 aliphatic heterocycles. The van der Waals surface area contributed by atoms with Crippen LogP contribution < -0.4 is 5.32 Å². The van der Waals surface area contributed by atoms with E-state index in [4.69, 9.17) is 0 Å². The second kappa shape index (κ2) is 7.63. The maximum atomic E-state index is 12.3. The molecule has 0 aromatic carbocycles. The van der Waals surface area contributed by atoms with Gasteiger partial charge in [0.25, 0.3) is 0 Å². The standard InChI is InChI=1S/C16H30N4O2/c1-7-13-12(14(8-2)19(6)18-13)10-17-15(21)20(9-3)11-16(4,5)22/h22H,7-11H2,1-6H3,(H,17,21). The third kappa shape index (κ3) is 4.73. The number of nitrogens with zero attached hydrogens (tertiary/aromatic N) is 3. The Hall–Kier alpha value is -1.56. The molecule has 0 bridgehead atoms. The van der Waals surface area contributed by atoms with Crippen molar-refractivity contribution in [3.8, 4) is 0 Å². The normalized spacial score (nSPS) is 11.6. The highest BCUT2D eigenvalue weighted by Crippen LogP contribution is 2.15. The van der Waals surface area contributed by atoms with Crippen LogP contribution in [0.1, 0.15) is 51.6 Å². The molecule has 1 rings (SSSR count). The number of carbonyl (C=O) groups is 1. The van der Waals surface area contributed by atoms with Crippen molar-refractivity contribution in [3.63, 3.8) is 0 Å². The Kier molecular flexibility index (Phi) is 6.41. The average molecular weight is 310 g/mol. The minimum absolute atomic E-state index is 0.155. The first kappa shape index (κ1) is 18.5. The number of aliphatic hydroxyl groups is 1. The smallest absolute Gasteiger partial charge is 0.317 e. The van der Waals surface area contributed by atoms with Gasteiger partial charge in [0.15, 0.2) is 0 Å². The van der Waals surface area contributed by atoms with Crippen molar-refractivity contribution in [1.29, 1.82) is 0 Å². The fraction of sp³-hybridized carbons (Fsp3) is 0.750. The van der Waals surface area contributed by atoms with E-state index < -0.39 is 5.60 Å². The molecule has 0 aliphatic rings. The van der Waals surface area contributed by atoms with Crippen molar-refractivity contribution in [1.82, 2.24) is 20.0 Å². The number of amides is 2. The Bertz CT molecular complexity index is 503. The summed E-state index contributed by atoms with van der Waals surface area (Å²) < 4.78 is 1.90. The van der Waals surface area contributed by atoms with Crippen molar-refractivity contribution in [3.05, 3.63) is 17.0 Å². The number of hydrogen-bond donors (Lipinski definition) is 2. The summed E-state index contributed by atoms with van der Waals surface area (Å²) in [4.78, 5) is 13.9. The first-order chi connectivity index (χ1) is 10.2. The van der Waals surface area contributed by atoms with Gasteiger partial charge in [-0.2, -0.15) is 5.10 Å². The van der Waals surface area contributed by atoms with Crippen LogP contribution in [-0.4, -0.2) is 44.5 Å². The highest BCUT2D eigenvalue weighted by atomic mass is 16.3. The molecule has 0 saturated heterocycles. The molecule has 1 heterocycles. The Morgan fingerprint density at radius 2 is 1.95 bits per heavy atom. The molecule has 6 heteroatoms. The molecule has 1 aromatic heterocycles. The van der Waals surface area contributed by atoms with E-state index in [9.17, 15) is 9.90 Å². The molecule has 1 aromatic rings. The molecule has 0 atom stereocenters. The van der Waals surface area contributed by atoms with Crippen molar-refractivity contribution >= 4 is 6.03 Å². The minimum atomic E-state index is -0.898. The maximum Gasteiger partial charge on any atom is 0.317 e. The Morgan fingerprint density at radius 1 is 1.32 bits per heavy atom. The van der Waals surface area contributed by atoms with E-state index in [2.05, 4.69) is 24.3 Å². The molecule has 2 amide bonds. The molecule has 126 valence electrons. The van der Waals surface area contributed by atoms with Crippen LogP contribution in [0.15, 0.2) is 0 Å². The third-order valence-electron chi connectivity index (χ3n) is 3.69. The number of likely N-dealkylation sites (N-methyl/N-ethyl adjacent to an activating group) is 1. The summed E-state index contributed by atoms with van der Waals surface area (Å²) in [7, 11) is 1.94. The van der Waals surface area contributed by atoms with Crippen LogP contribution in [0.5, 0.6) is 0 Å². The van der Waals surface area contributed by atoms with Gasteiger partial charge in [-0.05, 0) is 33.6 Å². The monoisotopic (exact) mass is 310 g/mol. The molecule has 6 nitrogen and oxygen atoms in total. The quantitative estimate of drug-likeness (QED) is 0.807. The van der Waals surface area contributed by atoms with Gasteiger partial charge in [0, 0.05) is 31.4 Å². The van der Waals surface area contributed by atoms with Gasteiger partial charge in [0.05, 0.1) is 17.8 Å². The predicted octanol–water partition coefficient (Wildman–Crippen LogP) is 1.85. The maximum absolute atomic E-state index is 12.3. The number of nitrogens with one attached hydrogen (secondary N) is 1. The van der Waals surface area contributed by atoms with E-state index in [1.807, 2.05) is 18.7 Å². The largest absolute Gasteiger partial charge is 0.389 e. The van der Waals surface area contributed by atoms with Crippen molar-refractivity contribution in [2.75, 3.05) is 13.1 Å². The van der Waals surface area contributed by atoms with E-state index in [0.29, 0.717) is 19.6 Å². The summed E-state index contributed by atoms with van der Waals surface area (Å²) in [5.41, 5.74) is 2.40. The van der Waals surface area contributed by atoms with Gasteiger partial charge in [0.1, 0.15) is 0 Å². The van der Waals surface area contributed by atoms with Gasteiger partial charge in [-0.15, -0.1) is 0 Å². The third-order valence-corrected chi connectivity index (χ3v) is 3.69. The molecule has 22 heavy (non-hydrogen) atoms.